The molecule has 0 amide bonds. The minimum atomic E-state index is 0.289. The predicted octanol–water partition coefficient (Wildman–Crippen LogP) is 1.74. The van der Waals surface area contributed by atoms with E-state index in [1.54, 1.807) is 12.1 Å². The topological polar surface area (TPSA) is 53.0 Å². The molecule has 1 aromatic carbocycles. The number of halogens is 1. The molecule has 1 heterocycles. The van der Waals surface area contributed by atoms with E-state index in [4.69, 9.17) is 22.6 Å². The minimum Gasteiger partial charge on any atom is -0.326 e. The summed E-state index contributed by atoms with van der Waals surface area (Å²) in [4.78, 5) is 2.29. The molecule has 1 aromatic rings. The standard InChI is InChI=1S/C12H14ClN3/c13-12-5-9(6-14)1-2-10(12)7-16-4-3-11(15)8-16/h1-2,5,11H,3-4,7-8,15H2. The number of nitrogens with two attached hydrogens (primary N) is 1. The van der Waals surface area contributed by atoms with E-state index in [0.717, 1.165) is 31.6 Å². The average molecular weight is 236 g/mol. The Morgan fingerprint density at radius 1 is 1.56 bits per heavy atom. The van der Waals surface area contributed by atoms with Crippen molar-refractivity contribution < 1.29 is 0 Å². The van der Waals surface area contributed by atoms with Crippen LogP contribution in [0.4, 0.5) is 0 Å². The van der Waals surface area contributed by atoms with Crippen LogP contribution in [0, 0.1) is 11.3 Å². The fraction of sp³-hybridized carbons (Fsp3) is 0.417. The molecular formula is C12H14ClN3. The first-order chi connectivity index (χ1) is 7.69. The molecule has 1 aliphatic rings. The highest BCUT2D eigenvalue weighted by atomic mass is 35.5. The van der Waals surface area contributed by atoms with Gasteiger partial charge >= 0.3 is 0 Å². The van der Waals surface area contributed by atoms with Crippen molar-refractivity contribution >= 4 is 11.6 Å². The number of hydrogen-bond donors (Lipinski definition) is 1. The van der Waals surface area contributed by atoms with Crippen molar-refractivity contribution in [3.63, 3.8) is 0 Å². The minimum absolute atomic E-state index is 0.289. The molecule has 1 saturated heterocycles. The quantitative estimate of drug-likeness (QED) is 0.850. The fourth-order valence-corrected chi connectivity index (χ4v) is 2.23. The van der Waals surface area contributed by atoms with Crippen LogP contribution in [0.1, 0.15) is 17.5 Å². The van der Waals surface area contributed by atoms with Gasteiger partial charge in [-0.05, 0) is 24.1 Å². The van der Waals surface area contributed by atoms with Gasteiger partial charge in [0.15, 0.2) is 0 Å². The Kier molecular flexibility index (Phi) is 3.45. The predicted molar refractivity (Wildman–Crippen MR) is 64.0 cm³/mol. The number of likely N-dealkylation sites (tertiary alicyclic amines) is 1. The lowest BCUT2D eigenvalue weighted by atomic mass is 10.1. The van der Waals surface area contributed by atoms with E-state index in [9.17, 15) is 0 Å². The van der Waals surface area contributed by atoms with Gasteiger partial charge in [0.1, 0.15) is 0 Å². The highest BCUT2D eigenvalue weighted by Crippen LogP contribution is 2.21. The summed E-state index contributed by atoms with van der Waals surface area (Å²) in [6.45, 7) is 2.77. The molecule has 0 aliphatic carbocycles. The van der Waals surface area contributed by atoms with Gasteiger partial charge in [-0.2, -0.15) is 5.26 Å². The zero-order valence-corrected chi connectivity index (χ0v) is 9.74. The summed E-state index contributed by atoms with van der Waals surface area (Å²) in [5.74, 6) is 0. The first kappa shape index (κ1) is 11.4. The van der Waals surface area contributed by atoms with E-state index < -0.39 is 0 Å². The highest BCUT2D eigenvalue weighted by Gasteiger charge is 2.19. The monoisotopic (exact) mass is 235 g/mol. The van der Waals surface area contributed by atoms with Gasteiger partial charge in [-0.25, -0.2) is 0 Å². The van der Waals surface area contributed by atoms with Gasteiger partial charge in [-0.3, -0.25) is 4.90 Å². The second kappa shape index (κ2) is 4.84. The third-order valence-electron chi connectivity index (χ3n) is 2.88. The van der Waals surface area contributed by atoms with Gasteiger partial charge in [-0.1, -0.05) is 17.7 Å². The molecule has 2 N–H and O–H groups in total. The number of nitriles is 1. The van der Waals surface area contributed by atoms with Crippen molar-refractivity contribution in [2.75, 3.05) is 13.1 Å². The molecule has 1 fully saturated rings. The molecule has 84 valence electrons. The first-order valence-corrected chi connectivity index (χ1v) is 5.73. The fourth-order valence-electron chi connectivity index (χ4n) is 1.99. The SMILES string of the molecule is N#Cc1ccc(CN2CCC(N)C2)c(Cl)c1. The first-order valence-electron chi connectivity index (χ1n) is 5.35. The van der Waals surface area contributed by atoms with Crippen LogP contribution in [-0.2, 0) is 6.54 Å². The second-order valence-corrected chi connectivity index (χ2v) is 4.61. The lowest BCUT2D eigenvalue weighted by Gasteiger charge is -2.16. The molecule has 0 aromatic heterocycles. The van der Waals surface area contributed by atoms with Gasteiger partial charge in [0.05, 0.1) is 11.6 Å². The summed E-state index contributed by atoms with van der Waals surface area (Å²) in [7, 11) is 0. The number of rotatable bonds is 2. The zero-order valence-electron chi connectivity index (χ0n) is 8.99. The Bertz CT molecular complexity index is 425. The van der Waals surface area contributed by atoms with E-state index in [1.165, 1.54) is 0 Å². The third-order valence-corrected chi connectivity index (χ3v) is 3.24. The van der Waals surface area contributed by atoms with Crippen LogP contribution in [0.25, 0.3) is 0 Å². The van der Waals surface area contributed by atoms with Crippen LogP contribution in [0.5, 0.6) is 0 Å². The van der Waals surface area contributed by atoms with Gasteiger partial charge in [0, 0.05) is 30.7 Å². The highest BCUT2D eigenvalue weighted by molar-refractivity contribution is 6.31. The van der Waals surface area contributed by atoms with Crippen LogP contribution in [0.2, 0.25) is 5.02 Å². The molecule has 0 saturated carbocycles. The van der Waals surface area contributed by atoms with Gasteiger partial charge in [0.2, 0.25) is 0 Å². The normalized spacial score (nSPS) is 20.9. The van der Waals surface area contributed by atoms with Crippen LogP contribution in [0.15, 0.2) is 18.2 Å². The van der Waals surface area contributed by atoms with Crippen molar-refractivity contribution in [2.24, 2.45) is 5.73 Å². The number of hydrogen-bond acceptors (Lipinski definition) is 3. The Morgan fingerprint density at radius 3 is 2.94 bits per heavy atom. The Labute approximate surface area is 100 Å². The average Bonchev–Trinajstić information content (AvgIpc) is 2.67. The molecular weight excluding hydrogens is 222 g/mol. The van der Waals surface area contributed by atoms with E-state index >= 15 is 0 Å². The van der Waals surface area contributed by atoms with Crippen molar-refractivity contribution in [3.8, 4) is 6.07 Å². The molecule has 1 unspecified atom stereocenters. The molecule has 4 heteroatoms. The van der Waals surface area contributed by atoms with Gasteiger partial charge < -0.3 is 5.73 Å². The van der Waals surface area contributed by atoms with E-state index in [2.05, 4.69) is 11.0 Å². The summed E-state index contributed by atoms with van der Waals surface area (Å²) < 4.78 is 0. The van der Waals surface area contributed by atoms with Crippen LogP contribution >= 0.6 is 11.6 Å². The van der Waals surface area contributed by atoms with Gasteiger partial charge in [0.25, 0.3) is 0 Å². The molecule has 0 spiro atoms. The van der Waals surface area contributed by atoms with Crippen molar-refractivity contribution in [3.05, 3.63) is 34.3 Å². The smallest absolute Gasteiger partial charge is 0.0992 e. The van der Waals surface area contributed by atoms with E-state index in [1.807, 2.05) is 6.07 Å². The zero-order chi connectivity index (χ0) is 11.5. The maximum atomic E-state index is 8.74. The molecule has 1 aliphatic heterocycles. The maximum Gasteiger partial charge on any atom is 0.0992 e. The lowest BCUT2D eigenvalue weighted by Crippen LogP contribution is -2.26. The van der Waals surface area contributed by atoms with Crippen molar-refractivity contribution in [2.45, 2.75) is 19.0 Å². The third kappa shape index (κ3) is 2.53. The van der Waals surface area contributed by atoms with Gasteiger partial charge in [-0.15, -0.1) is 0 Å². The Hall–Kier alpha value is -1.08. The van der Waals surface area contributed by atoms with Crippen LogP contribution in [-0.4, -0.2) is 24.0 Å². The van der Waals surface area contributed by atoms with Crippen molar-refractivity contribution in [1.82, 2.24) is 4.90 Å². The Balaban J connectivity index is 2.08. The molecule has 0 radical (unpaired) electrons. The molecule has 2 rings (SSSR count). The summed E-state index contributed by atoms with van der Waals surface area (Å²) in [5, 5.41) is 9.40. The summed E-state index contributed by atoms with van der Waals surface area (Å²) >= 11 is 6.11. The summed E-state index contributed by atoms with van der Waals surface area (Å²) in [6, 6.07) is 7.81. The number of nitrogens with zero attached hydrogens (tertiary/aromatic N) is 2. The van der Waals surface area contributed by atoms with Crippen molar-refractivity contribution in [1.29, 1.82) is 5.26 Å². The molecule has 0 bridgehead atoms. The maximum absolute atomic E-state index is 8.74. The molecule has 3 nitrogen and oxygen atoms in total. The Morgan fingerprint density at radius 2 is 2.38 bits per heavy atom. The van der Waals surface area contributed by atoms with Crippen LogP contribution in [0.3, 0.4) is 0 Å². The lowest BCUT2D eigenvalue weighted by molar-refractivity contribution is 0.327. The summed E-state index contributed by atoms with van der Waals surface area (Å²) in [5.41, 5.74) is 7.51. The second-order valence-electron chi connectivity index (χ2n) is 4.20. The van der Waals surface area contributed by atoms with E-state index in [-0.39, 0.29) is 6.04 Å². The molecule has 16 heavy (non-hydrogen) atoms. The molecule has 1 atom stereocenters. The largest absolute Gasteiger partial charge is 0.326 e. The van der Waals surface area contributed by atoms with Crippen LogP contribution < -0.4 is 5.73 Å². The van der Waals surface area contributed by atoms with E-state index in [0.29, 0.717) is 10.6 Å². The summed E-state index contributed by atoms with van der Waals surface area (Å²) in [6.07, 6.45) is 1.05. The number of benzene rings is 1.